The van der Waals surface area contributed by atoms with Gasteiger partial charge in [0.05, 0.1) is 11.6 Å². The fraction of sp³-hybridized carbons (Fsp3) is 0.455. The van der Waals surface area contributed by atoms with Gasteiger partial charge in [-0.1, -0.05) is 49.7 Å². The van der Waals surface area contributed by atoms with Crippen LogP contribution < -0.4 is 15.0 Å². The number of anilines is 1. The van der Waals surface area contributed by atoms with E-state index in [0.29, 0.717) is 35.5 Å². The fourth-order valence-corrected chi connectivity index (χ4v) is 6.37. The molecule has 3 aromatic rings. The number of ether oxygens (including phenoxy) is 1. The molecule has 2 saturated heterocycles. The molecule has 1 aromatic heterocycles. The summed E-state index contributed by atoms with van der Waals surface area (Å²) in [6.45, 7) is 12.9. The SMILES string of the molecule is CCN(CC)CCCOc1nc(N2CC3CCC(C2)N3)c2cc(Cl)c(/C(C)=C/C(O)=C\c3ccccc3C)c(F)c2n1. The van der Waals surface area contributed by atoms with Gasteiger partial charge < -0.3 is 25.0 Å². The van der Waals surface area contributed by atoms with Crippen molar-refractivity contribution in [3.05, 3.63) is 69.7 Å². The van der Waals surface area contributed by atoms with Crippen LogP contribution in [0, 0.1) is 12.7 Å². The number of fused-ring (bicyclic) bond motifs is 3. The summed E-state index contributed by atoms with van der Waals surface area (Å²) in [5.74, 6) is 0.104. The van der Waals surface area contributed by atoms with Gasteiger partial charge in [-0.3, -0.25) is 0 Å². The smallest absolute Gasteiger partial charge is 0.319 e. The zero-order chi connectivity index (χ0) is 29.8. The minimum absolute atomic E-state index is 0.00857. The fourth-order valence-electron chi connectivity index (χ4n) is 6.03. The maximum atomic E-state index is 16.4. The van der Waals surface area contributed by atoms with Gasteiger partial charge in [-0.25, -0.2) is 4.39 Å². The van der Waals surface area contributed by atoms with Gasteiger partial charge in [0.25, 0.3) is 0 Å². The van der Waals surface area contributed by atoms with E-state index in [4.69, 9.17) is 21.3 Å². The summed E-state index contributed by atoms with van der Waals surface area (Å²) >= 11 is 6.75. The van der Waals surface area contributed by atoms with Crippen LogP contribution in [0.5, 0.6) is 6.01 Å². The Kier molecular flexibility index (Phi) is 9.66. The zero-order valence-corrected chi connectivity index (χ0v) is 25.7. The van der Waals surface area contributed by atoms with Gasteiger partial charge in [0.2, 0.25) is 0 Å². The number of nitrogens with one attached hydrogen (secondary N) is 1. The van der Waals surface area contributed by atoms with Crippen molar-refractivity contribution in [3.63, 3.8) is 0 Å². The van der Waals surface area contributed by atoms with E-state index >= 15 is 4.39 Å². The van der Waals surface area contributed by atoms with Crippen molar-refractivity contribution in [2.45, 2.75) is 59.0 Å². The highest BCUT2D eigenvalue weighted by Crippen LogP contribution is 2.38. The van der Waals surface area contributed by atoms with E-state index in [0.717, 1.165) is 63.1 Å². The molecule has 2 unspecified atom stereocenters. The third-order valence-corrected chi connectivity index (χ3v) is 8.65. The Balaban J connectivity index is 1.51. The molecule has 0 spiro atoms. The first-order valence-corrected chi connectivity index (χ1v) is 15.4. The van der Waals surface area contributed by atoms with Crippen LogP contribution in [0.2, 0.25) is 5.02 Å². The van der Waals surface area contributed by atoms with Gasteiger partial charge in [0.1, 0.15) is 17.1 Å². The summed E-state index contributed by atoms with van der Waals surface area (Å²) in [4.78, 5) is 13.9. The number of piperazine rings is 1. The van der Waals surface area contributed by atoms with Crippen molar-refractivity contribution in [3.8, 4) is 6.01 Å². The van der Waals surface area contributed by atoms with E-state index in [-0.39, 0.29) is 27.9 Å². The molecule has 9 heteroatoms. The molecule has 2 aliphatic rings. The highest BCUT2D eigenvalue weighted by atomic mass is 35.5. The third-order valence-electron chi connectivity index (χ3n) is 8.35. The number of benzene rings is 2. The van der Waals surface area contributed by atoms with Gasteiger partial charge >= 0.3 is 6.01 Å². The number of aromatic nitrogens is 2. The van der Waals surface area contributed by atoms with Crippen molar-refractivity contribution in [1.29, 1.82) is 0 Å². The molecule has 2 N–H and O–H groups in total. The van der Waals surface area contributed by atoms with Crippen LogP contribution in [-0.4, -0.2) is 71.4 Å². The molecule has 2 aliphatic heterocycles. The maximum Gasteiger partial charge on any atom is 0.319 e. The molecule has 2 aromatic carbocycles. The zero-order valence-electron chi connectivity index (χ0n) is 25.0. The molecule has 42 heavy (non-hydrogen) atoms. The molecule has 0 saturated carbocycles. The first-order valence-electron chi connectivity index (χ1n) is 15.0. The van der Waals surface area contributed by atoms with Crippen LogP contribution in [0.1, 0.15) is 56.7 Å². The second-order valence-electron chi connectivity index (χ2n) is 11.3. The summed E-state index contributed by atoms with van der Waals surface area (Å²) < 4.78 is 22.4. The van der Waals surface area contributed by atoms with Crippen LogP contribution >= 0.6 is 11.6 Å². The average molecular weight is 594 g/mol. The quantitative estimate of drug-likeness (QED) is 0.144. The average Bonchev–Trinajstić information content (AvgIpc) is 3.31. The van der Waals surface area contributed by atoms with E-state index in [1.54, 1.807) is 19.1 Å². The van der Waals surface area contributed by atoms with E-state index < -0.39 is 5.82 Å². The van der Waals surface area contributed by atoms with Crippen molar-refractivity contribution >= 4 is 40.0 Å². The standard InChI is InChI=1S/C33H41ClFN5O2/c1-5-39(6-2)14-9-15-42-33-37-31-27(32(38-33)40-19-24-12-13-25(20-40)36-24)18-28(34)29(30(31)35)22(4)16-26(41)17-23-11-8-7-10-21(23)3/h7-8,10-11,16-18,24-25,36,41H,5-6,9,12-15,19-20H2,1-4H3/b22-16+,26-17+. The first kappa shape index (κ1) is 30.3. The third kappa shape index (κ3) is 6.72. The lowest BCUT2D eigenvalue weighted by Crippen LogP contribution is -2.51. The molecule has 224 valence electrons. The number of nitrogens with zero attached hydrogens (tertiary/aromatic N) is 4. The molecule has 0 aliphatic carbocycles. The highest BCUT2D eigenvalue weighted by Gasteiger charge is 2.34. The van der Waals surface area contributed by atoms with Gasteiger partial charge in [-0.2, -0.15) is 9.97 Å². The number of halogens is 2. The maximum absolute atomic E-state index is 16.4. The Morgan fingerprint density at radius 3 is 2.60 bits per heavy atom. The minimum Gasteiger partial charge on any atom is -0.508 e. The summed E-state index contributed by atoms with van der Waals surface area (Å²) in [6, 6.07) is 10.4. The normalized spacial score (nSPS) is 19.3. The molecule has 5 rings (SSSR count). The van der Waals surface area contributed by atoms with E-state index in [2.05, 4.69) is 33.9 Å². The number of aliphatic hydroxyl groups excluding tert-OH is 1. The summed E-state index contributed by atoms with van der Waals surface area (Å²) in [7, 11) is 0. The second kappa shape index (κ2) is 13.4. The second-order valence-corrected chi connectivity index (χ2v) is 11.7. The van der Waals surface area contributed by atoms with Crippen LogP contribution in [0.15, 0.2) is 42.2 Å². The number of allylic oxidation sites excluding steroid dienone is 2. The van der Waals surface area contributed by atoms with Crippen molar-refractivity contribution in [2.24, 2.45) is 0 Å². The van der Waals surface area contributed by atoms with Crippen LogP contribution in [-0.2, 0) is 0 Å². The Hall–Kier alpha value is -3.20. The molecule has 7 nitrogen and oxygen atoms in total. The van der Waals surface area contributed by atoms with Crippen molar-refractivity contribution < 1.29 is 14.2 Å². The monoisotopic (exact) mass is 593 g/mol. The Labute approximate surface area is 253 Å². The number of aliphatic hydroxyl groups is 1. The molecule has 2 bridgehead atoms. The lowest BCUT2D eigenvalue weighted by atomic mass is 10.0. The van der Waals surface area contributed by atoms with Gasteiger partial charge in [-0.15, -0.1) is 0 Å². The molecule has 0 radical (unpaired) electrons. The summed E-state index contributed by atoms with van der Waals surface area (Å²) in [5, 5.41) is 15.2. The summed E-state index contributed by atoms with van der Waals surface area (Å²) in [6.07, 6.45) is 6.24. The highest BCUT2D eigenvalue weighted by molar-refractivity contribution is 6.33. The Bertz CT molecular complexity index is 1480. The predicted octanol–water partition coefficient (Wildman–Crippen LogP) is 6.78. The summed E-state index contributed by atoms with van der Waals surface area (Å²) in [5.41, 5.74) is 2.77. The number of aryl methyl sites for hydroxylation is 1. The molecule has 2 fully saturated rings. The van der Waals surface area contributed by atoms with Gasteiger partial charge in [0, 0.05) is 42.7 Å². The predicted molar refractivity (Wildman–Crippen MR) is 170 cm³/mol. The van der Waals surface area contributed by atoms with E-state index in [1.807, 2.05) is 31.2 Å². The lowest BCUT2D eigenvalue weighted by Gasteiger charge is -2.34. The first-order chi connectivity index (χ1) is 20.3. The Morgan fingerprint density at radius 1 is 1.19 bits per heavy atom. The minimum atomic E-state index is -0.551. The number of rotatable bonds is 11. The molecule has 0 amide bonds. The molecule has 2 atom stereocenters. The Morgan fingerprint density at radius 2 is 1.90 bits per heavy atom. The van der Waals surface area contributed by atoms with Crippen molar-refractivity contribution in [1.82, 2.24) is 20.2 Å². The molecular weight excluding hydrogens is 553 g/mol. The molecular formula is C33H41ClFN5O2. The largest absolute Gasteiger partial charge is 0.508 e. The van der Waals surface area contributed by atoms with Gasteiger partial charge in [-0.05, 0) is 81.1 Å². The van der Waals surface area contributed by atoms with Crippen LogP contribution in [0.3, 0.4) is 0 Å². The van der Waals surface area contributed by atoms with E-state index in [9.17, 15) is 5.11 Å². The van der Waals surface area contributed by atoms with Crippen molar-refractivity contribution in [2.75, 3.05) is 44.2 Å². The van der Waals surface area contributed by atoms with E-state index in [1.165, 1.54) is 6.08 Å². The number of hydrogen-bond acceptors (Lipinski definition) is 7. The van der Waals surface area contributed by atoms with Gasteiger partial charge in [0.15, 0.2) is 5.82 Å². The topological polar surface area (TPSA) is 73.8 Å². The molecule has 3 heterocycles. The lowest BCUT2D eigenvalue weighted by molar-refractivity contribution is 0.239. The van der Waals surface area contributed by atoms with Crippen LogP contribution in [0.4, 0.5) is 10.2 Å². The number of hydrogen-bond donors (Lipinski definition) is 2. The van der Waals surface area contributed by atoms with Crippen LogP contribution in [0.25, 0.3) is 22.6 Å².